The van der Waals surface area contributed by atoms with Crippen LogP contribution in [0.15, 0.2) is 12.1 Å². The van der Waals surface area contributed by atoms with E-state index in [0.717, 1.165) is 6.42 Å². The zero-order chi connectivity index (χ0) is 12.3. The van der Waals surface area contributed by atoms with E-state index in [1.165, 1.54) is 6.07 Å². The Labute approximate surface area is 99.8 Å². The number of hydrogen-bond acceptors (Lipinski definition) is 5. The number of benzene rings is 1. The Morgan fingerprint density at radius 3 is 2.53 bits per heavy atom. The van der Waals surface area contributed by atoms with Crippen molar-refractivity contribution in [3.05, 3.63) is 17.7 Å². The summed E-state index contributed by atoms with van der Waals surface area (Å²) in [5.41, 5.74) is 6.43. The van der Waals surface area contributed by atoms with Crippen molar-refractivity contribution in [3.63, 3.8) is 0 Å². The Morgan fingerprint density at radius 2 is 1.88 bits per heavy atom. The zero-order valence-corrected chi connectivity index (χ0v) is 9.56. The van der Waals surface area contributed by atoms with Gasteiger partial charge in [-0.15, -0.1) is 0 Å². The third-order valence-electron chi connectivity index (χ3n) is 2.74. The third-order valence-corrected chi connectivity index (χ3v) is 2.74. The van der Waals surface area contributed by atoms with Crippen molar-refractivity contribution >= 4 is 0 Å². The number of fused-ring (bicyclic) bond motifs is 1. The molecule has 1 heterocycles. The molecule has 0 fully saturated rings. The molecule has 1 aliphatic rings. The van der Waals surface area contributed by atoms with E-state index >= 15 is 0 Å². The summed E-state index contributed by atoms with van der Waals surface area (Å²) in [5.74, 6) is 1.22. The molecule has 1 atom stereocenters. The van der Waals surface area contributed by atoms with Crippen molar-refractivity contribution in [3.8, 4) is 17.2 Å². The molecule has 1 aromatic carbocycles. The van der Waals surface area contributed by atoms with E-state index in [9.17, 15) is 5.11 Å². The summed E-state index contributed by atoms with van der Waals surface area (Å²) in [5, 5.41) is 18.7. The van der Waals surface area contributed by atoms with Gasteiger partial charge in [-0.05, 0) is 12.5 Å². The number of phenolic OH excluding ortho intramolecular Hbond substituents is 1. The van der Waals surface area contributed by atoms with E-state index in [4.69, 9.17) is 20.3 Å². The number of phenols is 1. The number of hydrogen-bond donors (Lipinski definition) is 3. The minimum atomic E-state index is -0.405. The summed E-state index contributed by atoms with van der Waals surface area (Å²) >= 11 is 0. The minimum absolute atomic E-state index is 0.0188. The predicted octanol–water partition coefficient (Wildman–Crippen LogP) is 0.936. The maximum atomic E-state index is 9.86. The van der Waals surface area contributed by atoms with Gasteiger partial charge in [0.1, 0.15) is 5.75 Å². The van der Waals surface area contributed by atoms with Crippen LogP contribution in [-0.4, -0.2) is 30.0 Å². The fourth-order valence-electron chi connectivity index (χ4n) is 1.81. The monoisotopic (exact) mass is 239 g/mol. The van der Waals surface area contributed by atoms with E-state index in [2.05, 4.69) is 0 Å². The van der Waals surface area contributed by atoms with Gasteiger partial charge in [-0.1, -0.05) is 0 Å². The molecule has 0 spiro atoms. The van der Waals surface area contributed by atoms with Gasteiger partial charge in [0.15, 0.2) is 11.5 Å². The van der Waals surface area contributed by atoms with Crippen molar-refractivity contribution in [1.29, 1.82) is 0 Å². The van der Waals surface area contributed by atoms with Gasteiger partial charge in [0.2, 0.25) is 0 Å². The molecule has 2 rings (SSSR count). The topological polar surface area (TPSA) is 84.9 Å². The average molecular weight is 239 g/mol. The minimum Gasteiger partial charge on any atom is -0.507 e. The van der Waals surface area contributed by atoms with Crippen LogP contribution in [-0.2, 0) is 0 Å². The van der Waals surface area contributed by atoms with Crippen LogP contribution in [0.5, 0.6) is 17.2 Å². The van der Waals surface area contributed by atoms with Gasteiger partial charge >= 0.3 is 0 Å². The first-order valence-corrected chi connectivity index (χ1v) is 5.71. The maximum Gasteiger partial charge on any atom is 0.164 e. The summed E-state index contributed by atoms with van der Waals surface area (Å²) in [6.07, 6.45) is 1.21. The maximum absolute atomic E-state index is 9.86. The SMILES string of the molecule is NC(CCO)c1cc2c(cc1O)OCCCO2. The van der Waals surface area contributed by atoms with Gasteiger partial charge in [-0.3, -0.25) is 0 Å². The van der Waals surface area contributed by atoms with Crippen molar-refractivity contribution in [1.82, 2.24) is 0 Å². The summed E-state index contributed by atoms with van der Waals surface area (Å²) < 4.78 is 11.0. The van der Waals surface area contributed by atoms with E-state index in [1.807, 2.05) is 0 Å². The Hall–Kier alpha value is -1.46. The number of rotatable bonds is 3. The molecule has 0 saturated heterocycles. The summed E-state index contributed by atoms with van der Waals surface area (Å²) in [4.78, 5) is 0. The van der Waals surface area contributed by atoms with Gasteiger partial charge < -0.3 is 25.4 Å². The Morgan fingerprint density at radius 1 is 1.24 bits per heavy atom. The lowest BCUT2D eigenvalue weighted by atomic mass is 10.0. The van der Waals surface area contributed by atoms with E-state index in [-0.39, 0.29) is 12.4 Å². The molecule has 1 unspecified atom stereocenters. The molecule has 94 valence electrons. The highest BCUT2D eigenvalue weighted by atomic mass is 16.5. The third kappa shape index (κ3) is 2.62. The van der Waals surface area contributed by atoms with Gasteiger partial charge in [-0.25, -0.2) is 0 Å². The van der Waals surface area contributed by atoms with Crippen LogP contribution in [0, 0.1) is 0 Å². The largest absolute Gasteiger partial charge is 0.507 e. The van der Waals surface area contributed by atoms with Crippen LogP contribution in [0.25, 0.3) is 0 Å². The quantitative estimate of drug-likeness (QED) is 0.730. The molecule has 5 heteroatoms. The molecule has 0 amide bonds. The van der Waals surface area contributed by atoms with E-state index < -0.39 is 6.04 Å². The Kier molecular flexibility index (Phi) is 3.71. The van der Waals surface area contributed by atoms with Crippen molar-refractivity contribution in [2.75, 3.05) is 19.8 Å². The number of ether oxygens (including phenoxy) is 2. The lowest BCUT2D eigenvalue weighted by Gasteiger charge is -2.15. The molecule has 1 aromatic rings. The van der Waals surface area contributed by atoms with Gasteiger partial charge in [-0.2, -0.15) is 0 Å². The molecule has 1 aliphatic heterocycles. The van der Waals surface area contributed by atoms with Crippen LogP contribution in [0.4, 0.5) is 0 Å². The number of aliphatic hydroxyl groups is 1. The predicted molar refractivity (Wildman–Crippen MR) is 62.3 cm³/mol. The van der Waals surface area contributed by atoms with Gasteiger partial charge in [0.05, 0.1) is 13.2 Å². The second-order valence-corrected chi connectivity index (χ2v) is 4.03. The first-order valence-electron chi connectivity index (χ1n) is 5.71. The molecule has 5 nitrogen and oxygen atoms in total. The Balaban J connectivity index is 2.31. The molecular formula is C12H17NO4. The molecule has 0 aromatic heterocycles. The second-order valence-electron chi connectivity index (χ2n) is 4.03. The molecule has 4 N–H and O–H groups in total. The van der Waals surface area contributed by atoms with Crippen molar-refractivity contribution < 1.29 is 19.7 Å². The highest BCUT2D eigenvalue weighted by Gasteiger charge is 2.18. The van der Waals surface area contributed by atoms with E-state index in [0.29, 0.717) is 36.7 Å². The van der Waals surface area contributed by atoms with Crippen LogP contribution >= 0.6 is 0 Å². The first-order chi connectivity index (χ1) is 8.22. The standard InChI is InChI=1S/C12H17NO4/c13-9(2-3-14)8-6-11-12(7-10(8)15)17-5-1-4-16-11/h6-7,9,14-15H,1-5,13H2. The molecule has 0 aliphatic carbocycles. The lowest BCUT2D eigenvalue weighted by molar-refractivity contribution is 0.275. The fraction of sp³-hybridized carbons (Fsp3) is 0.500. The number of aliphatic hydroxyl groups excluding tert-OH is 1. The molecule has 0 radical (unpaired) electrons. The van der Waals surface area contributed by atoms with Crippen LogP contribution in [0.2, 0.25) is 0 Å². The molecule has 17 heavy (non-hydrogen) atoms. The number of nitrogens with two attached hydrogens (primary N) is 1. The second kappa shape index (κ2) is 5.25. The van der Waals surface area contributed by atoms with Gasteiger partial charge in [0.25, 0.3) is 0 Å². The summed E-state index contributed by atoms with van der Waals surface area (Å²) in [6.45, 7) is 1.15. The van der Waals surface area contributed by atoms with Gasteiger partial charge in [0, 0.05) is 30.7 Å². The smallest absolute Gasteiger partial charge is 0.164 e. The highest BCUT2D eigenvalue weighted by molar-refractivity contribution is 5.51. The van der Waals surface area contributed by atoms with Crippen molar-refractivity contribution in [2.24, 2.45) is 5.73 Å². The first kappa shape index (κ1) is 12.0. The van der Waals surface area contributed by atoms with Crippen LogP contribution < -0.4 is 15.2 Å². The molecule has 0 saturated carbocycles. The summed E-state index contributed by atoms with van der Waals surface area (Å²) in [6, 6.07) is 2.81. The molecular weight excluding hydrogens is 222 g/mol. The molecule has 0 bridgehead atoms. The zero-order valence-electron chi connectivity index (χ0n) is 9.56. The van der Waals surface area contributed by atoms with Crippen LogP contribution in [0.1, 0.15) is 24.4 Å². The lowest BCUT2D eigenvalue weighted by Crippen LogP contribution is -2.12. The normalized spacial score (nSPS) is 16.4. The number of aromatic hydroxyl groups is 1. The summed E-state index contributed by atoms with van der Waals surface area (Å²) in [7, 11) is 0. The van der Waals surface area contributed by atoms with Crippen molar-refractivity contribution in [2.45, 2.75) is 18.9 Å². The highest BCUT2D eigenvalue weighted by Crippen LogP contribution is 2.38. The fourth-order valence-corrected chi connectivity index (χ4v) is 1.81. The van der Waals surface area contributed by atoms with E-state index in [1.54, 1.807) is 6.07 Å². The van der Waals surface area contributed by atoms with Crippen LogP contribution in [0.3, 0.4) is 0 Å². The average Bonchev–Trinajstić information content (AvgIpc) is 2.52. The Bertz CT molecular complexity index is 394.